The maximum atomic E-state index is 11.0. The van der Waals surface area contributed by atoms with Crippen molar-refractivity contribution >= 4 is 5.97 Å². The molecular formula is C11H13NO2. The van der Waals surface area contributed by atoms with E-state index in [4.69, 9.17) is 10.00 Å². The lowest BCUT2D eigenvalue weighted by atomic mass is 9.88. The summed E-state index contributed by atoms with van der Waals surface area (Å²) in [6, 6.07) is 2.30. The summed E-state index contributed by atoms with van der Waals surface area (Å²) in [7, 11) is 0. The van der Waals surface area contributed by atoms with Crippen LogP contribution in [0.15, 0.2) is 12.7 Å². The Hall–Kier alpha value is -1.30. The van der Waals surface area contributed by atoms with Crippen LogP contribution in [-0.2, 0) is 9.53 Å². The van der Waals surface area contributed by atoms with Gasteiger partial charge in [-0.1, -0.05) is 6.58 Å². The van der Waals surface area contributed by atoms with E-state index >= 15 is 0 Å². The first kappa shape index (κ1) is 9.26. The SMILES string of the molecule is C=CC(=O)OC1CC2CC(C#N)C1C2. The maximum Gasteiger partial charge on any atom is 0.330 e. The van der Waals surface area contributed by atoms with Crippen molar-refractivity contribution < 1.29 is 9.53 Å². The number of carbonyl (C=O) groups excluding carboxylic acids is 1. The van der Waals surface area contributed by atoms with Gasteiger partial charge in [-0.2, -0.15) is 5.26 Å². The van der Waals surface area contributed by atoms with E-state index in [9.17, 15) is 4.79 Å². The summed E-state index contributed by atoms with van der Waals surface area (Å²) >= 11 is 0. The summed E-state index contributed by atoms with van der Waals surface area (Å²) < 4.78 is 5.22. The van der Waals surface area contributed by atoms with E-state index in [1.807, 2.05) is 0 Å². The van der Waals surface area contributed by atoms with Crippen molar-refractivity contribution in [2.75, 3.05) is 0 Å². The molecular weight excluding hydrogens is 178 g/mol. The molecule has 0 aromatic rings. The molecule has 2 rings (SSSR count). The second-order valence-corrected chi connectivity index (χ2v) is 4.15. The van der Waals surface area contributed by atoms with Crippen molar-refractivity contribution in [2.24, 2.45) is 17.8 Å². The third-order valence-corrected chi connectivity index (χ3v) is 3.35. The molecule has 74 valence electrons. The molecule has 3 nitrogen and oxygen atoms in total. The largest absolute Gasteiger partial charge is 0.459 e. The quantitative estimate of drug-likeness (QED) is 0.492. The highest BCUT2D eigenvalue weighted by Gasteiger charge is 2.48. The number of fused-ring (bicyclic) bond motifs is 2. The predicted molar refractivity (Wildman–Crippen MR) is 50.0 cm³/mol. The minimum atomic E-state index is -0.362. The Labute approximate surface area is 83.4 Å². The van der Waals surface area contributed by atoms with Gasteiger partial charge < -0.3 is 4.74 Å². The Morgan fingerprint density at radius 1 is 1.50 bits per heavy atom. The Balaban J connectivity index is 2.00. The molecule has 0 aromatic carbocycles. The van der Waals surface area contributed by atoms with Crippen LogP contribution in [0, 0.1) is 29.1 Å². The maximum absolute atomic E-state index is 11.0. The number of hydrogen-bond acceptors (Lipinski definition) is 3. The topological polar surface area (TPSA) is 50.1 Å². The van der Waals surface area contributed by atoms with Crippen LogP contribution in [0.5, 0.6) is 0 Å². The van der Waals surface area contributed by atoms with Crippen LogP contribution in [-0.4, -0.2) is 12.1 Å². The number of nitriles is 1. The number of nitrogens with zero attached hydrogens (tertiary/aromatic N) is 1. The summed E-state index contributed by atoms with van der Waals surface area (Å²) in [5.41, 5.74) is 0. The van der Waals surface area contributed by atoms with Crippen LogP contribution in [0.1, 0.15) is 19.3 Å². The van der Waals surface area contributed by atoms with E-state index in [1.165, 1.54) is 6.08 Å². The zero-order valence-electron chi connectivity index (χ0n) is 7.98. The van der Waals surface area contributed by atoms with Gasteiger partial charge in [0.25, 0.3) is 0 Å². The van der Waals surface area contributed by atoms with E-state index in [1.54, 1.807) is 0 Å². The lowest BCUT2D eigenvalue weighted by Crippen LogP contribution is -2.28. The number of rotatable bonds is 2. The predicted octanol–water partition coefficient (Wildman–Crippen LogP) is 1.65. The van der Waals surface area contributed by atoms with Gasteiger partial charge in [-0.15, -0.1) is 0 Å². The zero-order valence-corrected chi connectivity index (χ0v) is 7.98. The number of esters is 1. The van der Waals surface area contributed by atoms with Crippen LogP contribution in [0.3, 0.4) is 0 Å². The molecule has 2 saturated carbocycles. The highest BCUT2D eigenvalue weighted by Crippen LogP contribution is 2.49. The van der Waals surface area contributed by atoms with Crippen LogP contribution < -0.4 is 0 Å². The minimum Gasteiger partial charge on any atom is -0.459 e. The summed E-state index contributed by atoms with van der Waals surface area (Å²) in [6.45, 7) is 3.36. The third kappa shape index (κ3) is 1.41. The average molecular weight is 191 g/mol. The van der Waals surface area contributed by atoms with Gasteiger partial charge in [0.1, 0.15) is 6.10 Å². The fourth-order valence-electron chi connectivity index (χ4n) is 2.77. The highest BCUT2D eigenvalue weighted by atomic mass is 16.5. The van der Waals surface area contributed by atoms with Crippen molar-refractivity contribution in [3.8, 4) is 6.07 Å². The molecule has 0 aliphatic heterocycles. The first-order valence-electron chi connectivity index (χ1n) is 4.97. The molecule has 2 bridgehead atoms. The second kappa shape index (κ2) is 3.45. The van der Waals surface area contributed by atoms with E-state index in [2.05, 4.69) is 12.6 Å². The Bertz CT molecular complexity index is 305. The minimum absolute atomic E-state index is 0.0381. The summed E-state index contributed by atoms with van der Waals surface area (Å²) in [4.78, 5) is 11.0. The van der Waals surface area contributed by atoms with Gasteiger partial charge in [-0.05, 0) is 25.2 Å². The van der Waals surface area contributed by atoms with Gasteiger partial charge in [0.15, 0.2) is 0 Å². The van der Waals surface area contributed by atoms with Crippen LogP contribution >= 0.6 is 0 Å². The van der Waals surface area contributed by atoms with E-state index in [-0.39, 0.29) is 23.9 Å². The van der Waals surface area contributed by atoms with Gasteiger partial charge in [-0.25, -0.2) is 4.79 Å². The lowest BCUT2D eigenvalue weighted by Gasteiger charge is -2.24. The molecule has 0 radical (unpaired) electrons. The molecule has 0 spiro atoms. The smallest absolute Gasteiger partial charge is 0.330 e. The van der Waals surface area contributed by atoms with Gasteiger partial charge in [0.05, 0.1) is 12.0 Å². The molecule has 0 amide bonds. The van der Waals surface area contributed by atoms with Crippen molar-refractivity contribution in [1.82, 2.24) is 0 Å². The van der Waals surface area contributed by atoms with Gasteiger partial charge in [0.2, 0.25) is 0 Å². The average Bonchev–Trinajstić information content (AvgIpc) is 2.75. The van der Waals surface area contributed by atoms with Gasteiger partial charge >= 0.3 is 5.97 Å². The van der Waals surface area contributed by atoms with E-state index in [0.29, 0.717) is 5.92 Å². The second-order valence-electron chi connectivity index (χ2n) is 4.15. The molecule has 14 heavy (non-hydrogen) atoms. The van der Waals surface area contributed by atoms with Crippen LogP contribution in [0.25, 0.3) is 0 Å². The van der Waals surface area contributed by atoms with Gasteiger partial charge in [-0.3, -0.25) is 0 Å². The fraction of sp³-hybridized carbons (Fsp3) is 0.636. The Morgan fingerprint density at radius 2 is 2.29 bits per heavy atom. The van der Waals surface area contributed by atoms with Crippen molar-refractivity contribution in [3.05, 3.63) is 12.7 Å². The monoisotopic (exact) mass is 191 g/mol. The standard InChI is InChI=1S/C11H13NO2/c1-2-11(13)14-10-5-7-3-8(6-12)9(10)4-7/h2,7-10H,1,3-5H2. The fourth-order valence-corrected chi connectivity index (χ4v) is 2.77. The summed E-state index contributed by atoms with van der Waals surface area (Å²) in [6.07, 6.45) is 4.12. The highest BCUT2D eigenvalue weighted by molar-refractivity contribution is 5.81. The number of ether oxygens (including phenoxy) is 1. The Kier molecular flexibility index (Phi) is 2.28. The molecule has 0 aromatic heterocycles. The molecule has 3 heteroatoms. The van der Waals surface area contributed by atoms with E-state index in [0.717, 1.165) is 19.3 Å². The van der Waals surface area contributed by atoms with Crippen LogP contribution in [0.4, 0.5) is 0 Å². The van der Waals surface area contributed by atoms with E-state index < -0.39 is 0 Å². The van der Waals surface area contributed by atoms with Gasteiger partial charge in [0, 0.05) is 12.0 Å². The molecule has 0 N–H and O–H groups in total. The Morgan fingerprint density at radius 3 is 2.86 bits per heavy atom. The normalized spacial score (nSPS) is 39.1. The molecule has 4 unspecified atom stereocenters. The summed E-state index contributed by atoms with van der Waals surface area (Å²) in [5, 5.41) is 8.89. The molecule has 0 saturated heterocycles. The molecule has 0 heterocycles. The third-order valence-electron chi connectivity index (χ3n) is 3.35. The zero-order chi connectivity index (χ0) is 10.1. The van der Waals surface area contributed by atoms with Crippen molar-refractivity contribution in [1.29, 1.82) is 5.26 Å². The lowest BCUT2D eigenvalue weighted by molar-refractivity contribution is -0.145. The van der Waals surface area contributed by atoms with Crippen LogP contribution in [0.2, 0.25) is 0 Å². The van der Waals surface area contributed by atoms with Crippen molar-refractivity contribution in [3.63, 3.8) is 0 Å². The number of hydrogen-bond donors (Lipinski definition) is 0. The summed E-state index contributed by atoms with van der Waals surface area (Å²) in [5.74, 6) is 0.594. The first-order chi connectivity index (χ1) is 6.74. The first-order valence-corrected chi connectivity index (χ1v) is 4.97. The molecule has 2 aliphatic rings. The number of carbonyl (C=O) groups is 1. The molecule has 2 aliphatic carbocycles. The van der Waals surface area contributed by atoms with Crippen molar-refractivity contribution in [2.45, 2.75) is 25.4 Å². The molecule has 4 atom stereocenters. The molecule has 2 fully saturated rings.